The Morgan fingerprint density at radius 3 is 2.00 bits per heavy atom. The lowest BCUT2D eigenvalue weighted by molar-refractivity contribution is 0.293. The number of hydrogen-bond donors (Lipinski definition) is 0. The Labute approximate surface area is 108 Å². The molecule has 0 spiro atoms. The Bertz CT molecular complexity index is 285. The molecular formula is C17H28. The van der Waals surface area contributed by atoms with E-state index in [1.165, 1.54) is 36.8 Å². The van der Waals surface area contributed by atoms with Gasteiger partial charge in [0, 0.05) is 0 Å². The maximum absolute atomic E-state index is 4.21. The standard InChI is InChI=1S/C17H28/c1-7-10-11-16(6)14-17(12-8-2,13-9-3)15(4)5/h7,10-11H,1,4,6,8-9,12-14H2,2-3,5H3/b11-10-. The summed E-state index contributed by atoms with van der Waals surface area (Å²) in [6.07, 6.45) is 11.7. The predicted octanol–water partition coefficient (Wildman–Crippen LogP) is 5.84. The highest BCUT2D eigenvalue weighted by molar-refractivity contribution is 5.23. The molecule has 0 nitrogen and oxygen atoms in total. The van der Waals surface area contributed by atoms with E-state index in [0.717, 1.165) is 6.42 Å². The molecule has 0 aromatic carbocycles. The summed E-state index contributed by atoms with van der Waals surface area (Å²) in [7, 11) is 0. The summed E-state index contributed by atoms with van der Waals surface area (Å²) in [5.41, 5.74) is 2.72. The molecule has 96 valence electrons. The van der Waals surface area contributed by atoms with E-state index in [1.54, 1.807) is 6.08 Å². The lowest BCUT2D eigenvalue weighted by Crippen LogP contribution is -2.22. The largest absolute Gasteiger partial charge is 0.0996 e. The fraction of sp³-hybridized carbons (Fsp3) is 0.529. The fourth-order valence-electron chi connectivity index (χ4n) is 2.53. The smallest absolute Gasteiger partial charge is 0.00536 e. The minimum absolute atomic E-state index is 0.242. The van der Waals surface area contributed by atoms with Crippen LogP contribution in [0.2, 0.25) is 0 Å². The minimum atomic E-state index is 0.242. The topological polar surface area (TPSA) is 0 Å². The fourth-order valence-corrected chi connectivity index (χ4v) is 2.53. The molecular weight excluding hydrogens is 204 g/mol. The summed E-state index contributed by atoms with van der Waals surface area (Å²) in [5, 5.41) is 0. The van der Waals surface area contributed by atoms with E-state index in [4.69, 9.17) is 0 Å². The second kappa shape index (κ2) is 8.11. The number of rotatable bonds is 9. The first-order valence-corrected chi connectivity index (χ1v) is 6.65. The van der Waals surface area contributed by atoms with Crippen molar-refractivity contribution >= 4 is 0 Å². The van der Waals surface area contributed by atoms with Crippen LogP contribution in [0.1, 0.15) is 52.9 Å². The van der Waals surface area contributed by atoms with Gasteiger partial charge < -0.3 is 0 Å². The van der Waals surface area contributed by atoms with Gasteiger partial charge in [0.15, 0.2) is 0 Å². The summed E-state index contributed by atoms with van der Waals surface area (Å²) >= 11 is 0. The molecule has 0 radical (unpaired) electrons. The molecule has 0 heterocycles. The van der Waals surface area contributed by atoms with Crippen LogP contribution in [-0.4, -0.2) is 0 Å². The van der Waals surface area contributed by atoms with Crippen LogP contribution >= 0.6 is 0 Å². The van der Waals surface area contributed by atoms with Gasteiger partial charge in [-0.3, -0.25) is 0 Å². The van der Waals surface area contributed by atoms with Crippen molar-refractivity contribution in [1.82, 2.24) is 0 Å². The Balaban J connectivity index is 4.88. The van der Waals surface area contributed by atoms with Crippen LogP contribution < -0.4 is 0 Å². The van der Waals surface area contributed by atoms with E-state index >= 15 is 0 Å². The van der Waals surface area contributed by atoms with E-state index in [2.05, 4.69) is 46.6 Å². The first kappa shape index (κ1) is 16.0. The van der Waals surface area contributed by atoms with Crippen LogP contribution in [0, 0.1) is 5.41 Å². The average molecular weight is 232 g/mol. The van der Waals surface area contributed by atoms with Gasteiger partial charge >= 0.3 is 0 Å². The Hall–Kier alpha value is -1.04. The van der Waals surface area contributed by atoms with E-state index in [9.17, 15) is 0 Å². The quantitative estimate of drug-likeness (QED) is 0.346. The molecule has 0 unspecified atom stereocenters. The summed E-state index contributed by atoms with van der Waals surface area (Å²) < 4.78 is 0. The van der Waals surface area contributed by atoms with Gasteiger partial charge in [-0.25, -0.2) is 0 Å². The van der Waals surface area contributed by atoms with Gasteiger partial charge in [-0.2, -0.15) is 0 Å². The summed E-state index contributed by atoms with van der Waals surface area (Å²) in [5.74, 6) is 0. The third-order valence-electron chi connectivity index (χ3n) is 3.40. The Morgan fingerprint density at radius 1 is 1.12 bits per heavy atom. The molecule has 0 fully saturated rings. The van der Waals surface area contributed by atoms with Crippen LogP contribution in [0.4, 0.5) is 0 Å². The van der Waals surface area contributed by atoms with Crippen LogP contribution in [0.25, 0.3) is 0 Å². The molecule has 0 aliphatic heterocycles. The summed E-state index contributed by atoms with van der Waals surface area (Å²) in [4.78, 5) is 0. The van der Waals surface area contributed by atoms with E-state index < -0.39 is 0 Å². The van der Waals surface area contributed by atoms with Gasteiger partial charge in [0.05, 0.1) is 0 Å². The molecule has 0 heteroatoms. The zero-order valence-corrected chi connectivity index (χ0v) is 11.9. The van der Waals surface area contributed by atoms with Crippen molar-refractivity contribution in [3.8, 4) is 0 Å². The summed E-state index contributed by atoms with van der Waals surface area (Å²) in [6.45, 7) is 18.7. The summed E-state index contributed by atoms with van der Waals surface area (Å²) in [6, 6.07) is 0. The van der Waals surface area contributed by atoms with Crippen LogP contribution in [-0.2, 0) is 0 Å². The van der Waals surface area contributed by atoms with E-state index in [1.807, 2.05) is 6.08 Å². The van der Waals surface area contributed by atoms with Crippen LogP contribution in [0.15, 0.2) is 49.1 Å². The van der Waals surface area contributed by atoms with Crippen LogP contribution in [0.3, 0.4) is 0 Å². The normalized spacial score (nSPS) is 11.7. The molecule has 0 aliphatic carbocycles. The molecule has 0 rings (SSSR count). The lowest BCUT2D eigenvalue weighted by Gasteiger charge is -2.35. The van der Waals surface area contributed by atoms with Crippen molar-refractivity contribution in [2.24, 2.45) is 5.41 Å². The van der Waals surface area contributed by atoms with Crippen molar-refractivity contribution in [3.63, 3.8) is 0 Å². The second-order valence-corrected chi connectivity index (χ2v) is 4.99. The van der Waals surface area contributed by atoms with Crippen molar-refractivity contribution in [2.75, 3.05) is 0 Å². The highest BCUT2D eigenvalue weighted by Gasteiger charge is 2.29. The molecule has 0 aromatic rings. The van der Waals surface area contributed by atoms with Gasteiger partial charge in [0.2, 0.25) is 0 Å². The molecule has 0 aliphatic rings. The molecule has 0 saturated heterocycles. The van der Waals surface area contributed by atoms with Gasteiger partial charge in [0.25, 0.3) is 0 Å². The molecule has 0 atom stereocenters. The highest BCUT2D eigenvalue weighted by atomic mass is 14.3. The van der Waals surface area contributed by atoms with Crippen LogP contribution in [0.5, 0.6) is 0 Å². The van der Waals surface area contributed by atoms with Gasteiger partial charge in [-0.15, -0.1) is 0 Å². The second-order valence-electron chi connectivity index (χ2n) is 4.99. The first-order valence-electron chi connectivity index (χ1n) is 6.65. The third kappa shape index (κ3) is 5.21. The number of hydrogen-bond acceptors (Lipinski definition) is 0. The molecule has 0 aromatic heterocycles. The Morgan fingerprint density at radius 2 is 1.65 bits per heavy atom. The molecule has 0 bridgehead atoms. The molecule has 0 saturated carbocycles. The van der Waals surface area contributed by atoms with E-state index in [-0.39, 0.29) is 5.41 Å². The molecule has 0 N–H and O–H groups in total. The predicted molar refractivity (Wildman–Crippen MR) is 80.2 cm³/mol. The SMILES string of the molecule is C=C/C=C\C(=C)CC(CCC)(CCC)C(=C)C. The van der Waals surface area contributed by atoms with Gasteiger partial charge in [-0.05, 0) is 31.6 Å². The average Bonchev–Trinajstić information content (AvgIpc) is 2.26. The van der Waals surface area contributed by atoms with Gasteiger partial charge in [0.1, 0.15) is 0 Å². The van der Waals surface area contributed by atoms with Crippen molar-refractivity contribution < 1.29 is 0 Å². The van der Waals surface area contributed by atoms with Crippen molar-refractivity contribution in [2.45, 2.75) is 52.9 Å². The third-order valence-corrected chi connectivity index (χ3v) is 3.40. The van der Waals surface area contributed by atoms with E-state index in [0.29, 0.717) is 0 Å². The van der Waals surface area contributed by atoms with Gasteiger partial charge in [-0.1, -0.05) is 75.8 Å². The Kier molecular flexibility index (Phi) is 7.61. The zero-order chi connectivity index (χ0) is 13.3. The maximum atomic E-state index is 4.21. The molecule has 0 amide bonds. The highest BCUT2D eigenvalue weighted by Crippen LogP contribution is 2.42. The molecule has 17 heavy (non-hydrogen) atoms. The zero-order valence-electron chi connectivity index (χ0n) is 11.9. The first-order chi connectivity index (χ1) is 8.02. The number of allylic oxidation sites excluding steroid dienone is 5. The minimum Gasteiger partial charge on any atom is -0.0996 e. The van der Waals surface area contributed by atoms with Crippen molar-refractivity contribution in [1.29, 1.82) is 0 Å². The monoisotopic (exact) mass is 232 g/mol. The van der Waals surface area contributed by atoms with Crippen molar-refractivity contribution in [3.05, 3.63) is 49.1 Å². The maximum Gasteiger partial charge on any atom is -0.00536 e. The lowest BCUT2D eigenvalue weighted by atomic mass is 9.70.